The lowest BCUT2D eigenvalue weighted by molar-refractivity contribution is 0.223. The zero-order valence-corrected chi connectivity index (χ0v) is 9.08. The average molecular weight is 207 g/mol. The first-order valence-electron chi connectivity index (χ1n) is 4.87. The molecule has 0 unspecified atom stereocenters. The Morgan fingerprint density at radius 1 is 1.33 bits per heavy atom. The molecule has 1 N–H and O–H groups in total. The van der Waals surface area contributed by atoms with Crippen LogP contribution in [0.25, 0.3) is 10.9 Å². The number of aromatic nitrogens is 1. The number of aryl methyl sites for hydroxylation is 1. The van der Waals surface area contributed by atoms with E-state index in [9.17, 15) is 9.50 Å². The molecule has 0 amide bonds. The molecule has 1 heterocycles. The molecule has 0 bridgehead atoms. The Morgan fingerprint density at radius 2 is 2.00 bits per heavy atom. The highest BCUT2D eigenvalue weighted by molar-refractivity contribution is 5.89. The Bertz CT molecular complexity index is 508. The zero-order valence-electron chi connectivity index (χ0n) is 9.08. The minimum Gasteiger partial charge on any atom is -0.506 e. The number of fused-ring (bicyclic) bond motifs is 1. The summed E-state index contributed by atoms with van der Waals surface area (Å²) in [5.41, 5.74) is -0.109. The van der Waals surface area contributed by atoms with Crippen LogP contribution in [0.3, 0.4) is 0 Å². The van der Waals surface area contributed by atoms with Crippen molar-refractivity contribution in [2.24, 2.45) is 7.05 Å². The Labute approximate surface area is 88.0 Å². The quantitative estimate of drug-likeness (QED) is 0.763. The highest BCUT2D eigenvalue weighted by atomic mass is 19.1. The van der Waals surface area contributed by atoms with Crippen molar-refractivity contribution in [3.05, 3.63) is 30.0 Å². The van der Waals surface area contributed by atoms with Crippen LogP contribution in [0.1, 0.15) is 19.4 Å². The van der Waals surface area contributed by atoms with Crippen molar-refractivity contribution in [3.8, 4) is 5.75 Å². The number of aromatic hydroxyl groups is 1. The molecular weight excluding hydrogens is 193 g/mol. The van der Waals surface area contributed by atoms with E-state index < -0.39 is 5.67 Å². The maximum Gasteiger partial charge on any atom is 0.139 e. The fraction of sp³-hybridized carbons (Fsp3) is 0.333. The van der Waals surface area contributed by atoms with Gasteiger partial charge in [0, 0.05) is 24.2 Å². The molecule has 1 aromatic heterocycles. The van der Waals surface area contributed by atoms with Gasteiger partial charge in [-0.1, -0.05) is 12.1 Å². The number of phenols is 1. The van der Waals surface area contributed by atoms with Gasteiger partial charge in [-0.25, -0.2) is 4.39 Å². The van der Waals surface area contributed by atoms with Gasteiger partial charge in [-0.2, -0.15) is 0 Å². The third-order valence-corrected chi connectivity index (χ3v) is 2.62. The first-order valence-corrected chi connectivity index (χ1v) is 4.87. The van der Waals surface area contributed by atoms with Crippen molar-refractivity contribution in [1.82, 2.24) is 4.57 Å². The zero-order chi connectivity index (χ0) is 11.2. The van der Waals surface area contributed by atoms with Crippen LogP contribution < -0.4 is 0 Å². The second kappa shape index (κ2) is 2.99. The predicted octanol–water partition coefficient (Wildman–Crippen LogP) is 3.09. The SMILES string of the molecule is Cn1cc(C(C)(C)F)c2cccc(O)c21. The standard InChI is InChI=1S/C12H14FNO/c1-12(2,13)9-7-14(3)11-8(9)5-4-6-10(11)15/h4-7,15H,1-3H3. The minimum atomic E-state index is -1.40. The predicted molar refractivity (Wildman–Crippen MR) is 58.7 cm³/mol. The van der Waals surface area contributed by atoms with E-state index in [2.05, 4.69) is 0 Å². The molecule has 0 fully saturated rings. The summed E-state index contributed by atoms with van der Waals surface area (Å²) in [6.07, 6.45) is 1.73. The molecule has 80 valence electrons. The number of hydrogen-bond acceptors (Lipinski definition) is 1. The summed E-state index contributed by atoms with van der Waals surface area (Å²) in [5, 5.41) is 10.5. The normalized spacial score (nSPS) is 12.3. The third-order valence-electron chi connectivity index (χ3n) is 2.62. The van der Waals surface area contributed by atoms with Gasteiger partial charge in [0.25, 0.3) is 0 Å². The van der Waals surface area contributed by atoms with Crippen LogP contribution in [0.15, 0.2) is 24.4 Å². The van der Waals surface area contributed by atoms with Crippen molar-refractivity contribution >= 4 is 10.9 Å². The van der Waals surface area contributed by atoms with Gasteiger partial charge in [0.05, 0.1) is 5.52 Å². The number of rotatable bonds is 1. The molecular formula is C12H14FNO. The Hall–Kier alpha value is -1.51. The smallest absolute Gasteiger partial charge is 0.139 e. The molecule has 3 heteroatoms. The number of hydrogen-bond donors (Lipinski definition) is 1. The van der Waals surface area contributed by atoms with Crippen LogP contribution in [-0.2, 0) is 12.7 Å². The summed E-state index contributed by atoms with van der Waals surface area (Å²) in [6.45, 7) is 3.04. The van der Waals surface area contributed by atoms with E-state index in [1.165, 1.54) is 13.8 Å². The average Bonchev–Trinajstić information content (AvgIpc) is 2.44. The van der Waals surface area contributed by atoms with Gasteiger partial charge in [-0.05, 0) is 19.9 Å². The first kappa shape index (κ1) is 10.0. The minimum absolute atomic E-state index is 0.186. The third kappa shape index (κ3) is 1.48. The summed E-state index contributed by atoms with van der Waals surface area (Å²) in [5.74, 6) is 0.186. The molecule has 0 aliphatic heterocycles. The topological polar surface area (TPSA) is 25.2 Å². The molecule has 0 atom stereocenters. The molecule has 2 rings (SSSR count). The van der Waals surface area contributed by atoms with Crippen molar-refractivity contribution in [1.29, 1.82) is 0 Å². The van der Waals surface area contributed by atoms with Gasteiger partial charge in [0.2, 0.25) is 0 Å². The highest BCUT2D eigenvalue weighted by Crippen LogP contribution is 2.35. The van der Waals surface area contributed by atoms with E-state index in [1.54, 1.807) is 29.9 Å². The van der Waals surface area contributed by atoms with Gasteiger partial charge < -0.3 is 9.67 Å². The Morgan fingerprint density at radius 3 is 2.60 bits per heavy atom. The maximum absolute atomic E-state index is 13.9. The van der Waals surface area contributed by atoms with Crippen LogP contribution in [0.4, 0.5) is 4.39 Å². The lowest BCUT2D eigenvalue weighted by Gasteiger charge is -2.12. The number of halogens is 1. The van der Waals surface area contributed by atoms with Crippen LogP contribution in [0.5, 0.6) is 5.75 Å². The van der Waals surface area contributed by atoms with Crippen molar-refractivity contribution in [2.75, 3.05) is 0 Å². The number of alkyl halides is 1. The van der Waals surface area contributed by atoms with E-state index in [4.69, 9.17) is 0 Å². The first-order chi connectivity index (χ1) is 6.91. The van der Waals surface area contributed by atoms with Crippen molar-refractivity contribution in [3.63, 3.8) is 0 Å². The van der Waals surface area contributed by atoms with Crippen LogP contribution in [0, 0.1) is 0 Å². The Kier molecular flexibility index (Phi) is 2.00. The molecule has 0 saturated heterocycles. The van der Waals surface area contributed by atoms with Gasteiger partial charge in [0.1, 0.15) is 11.4 Å². The molecule has 15 heavy (non-hydrogen) atoms. The maximum atomic E-state index is 13.9. The van der Waals surface area contributed by atoms with E-state index >= 15 is 0 Å². The van der Waals surface area contributed by atoms with Crippen LogP contribution in [0.2, 0.25) is 0 Å². The molecule has 1 aromatic carbocycles. The number of benzene rings is 1. The van der Waals surface area contributed by atoms with E-state index in [1.807, 2.05) is 6.07 Å². The summed E-state index contributed by atoms with van der Waals surface area (Å²) in [6, 6.07) is 5.16. The lowest BCUT2D eigenvalue weighted by atomic mass is 10.00. The second-order valence-electron chi connectivity index (χ2n) is 4.30. The van der Waals surface area contributed by atoms with Crippen LogP contribution >= 0.6 is 0 Å². The highest BCUT2D eigenvalue weighted by Gasteiger charge is 2.24. The molecule has 0 radical (unpaired) electrons. The van der Waals surface area contributed by atoms with E-state index in [0.29, 0.717) is 11.1 Å². The molecule has 0 aliphatic rings. The summed E-state index contributed by atoms with van der Waals surface area (Å²) in [4.78, 5) is 0. The van der Waals surface area contributed by atoms with E-state index in [-0.39, 0.29) is 5.75 Å². The summed E-state index contributed by atoms with van der Waals surface area (Å²) < 4.78 is 15.7. The number of phenolic OH excluding ortho intramolecular Hbond substituents is 1. The molecule has 2 aromatic rings. The second-order valence-corrected chi connectivity index (χ2v) is 4.30. The fourth-order valence-electron chi connectivity index (χ4n) is 1.92. The van der Waals surface area contributed by atoms with Gasteiger partial charge in [0.15, 0.2) is 0 Å². The van der Waals surface area contributed by atoms with Crippen molar-refractivity contribution < 1.29 is 9.50 Å². The van der Waals surface area contributed by atoms with Crippen LogP contribution in [-0.4, -0.2) is 9.67 Å². The fourth-order valence-corrected chi connectivity index (χ4v) is 1.92. The number of nitrogens with zero attached hydrogens (tertiary/aromatic N) is 1. The number of para-hydroxylation sites is 1. The largest absolute Gasteiger partial charge is 0.506 e. The van der Waals surface area contributed by atoms with Crippen molar-refractivity contribution in [2.45, 2.75) is 19.5 Å². The van der Waals surface area contributed by atoms with Gasteiger partial charge in [-0.3, -0.25) is 0 Å². The monoisotopic (exact) mass is 207 g/mol. The summed E-state index contributed by atoms with van der Waals surface area (Å²) >= 11 is 0. The van der Waals surface area contributed by atoms with Gasteiger partial charge >= 0.3 is 0 Å². The molecule has 0 spiro atoms. The van der Waals surface area contributed by atoms with E-state index in [0.717, 1.165) is 5.39 Å². The summed E-state index contributed by atoms with van der Waals surface area (Å²) in [7, 11) is 1.80. The molecule has 0 saturated carbocycles. The Balaban J connectivity index is 2.85. The lowest BCUT2D eigenvalue weighted by Crippen LogP contribution is -2.07. The van der Waals surface area contributed by atoms with Gasteiger partial charge in [-0.15, -0.1) is 0 Å². The molecule has 0 aliphatic carbocycles. The molecule has 2 nitrogen and oxygen atoms in total.